The fourth-order valence-corrected chi connectivity index (χ4v) is 4.73. The van der Waals surface area contributed by atoms with Crippen LogP contribution in [-0.4, -0.2) is 48.5 Å². The zero-order valence-electron chi connectivity index (χ0n) is 14.6. The molecule has 1 heterocycles. The molecule has 0 spiro atoms. The number of rotatable bonds is 5. The van der Waals surface area contributed by atoms with Crippen LogP contribution in [0.15, 0.2) is 23.2 Å². The average molecular weight is 364 g/mol. The van der Waals surface area contributed by atoms with E-state index >= 15 is 0 Å². The highest BCUT2D eigenvalue weighted by atomic mass is 32.2. The Balaban J connectivity index is 1.76. The van der Waals surface area contributed by atoms with Crippen molar-refractivity contribution in [2.75, 3.05) is 13.6 Å². The number of hydrogen-bond acceptors (Lipinski definition) is 4. The monoisotopic (exact) mass is 364 g/mol. The van der Waals surface area contributed by atoms with Crippen molar-refractivity contribution in [3.63, 3.8) is 0 Å². The topological polar surface area (TPSA) is 95.2 Å². The summed E-state index contributed by atoms with van der Waals surface area (Å²) >= 11 is 0. The number of aryl methyl sites for hydroxylation is 1. The van der Waals surface area contributed by atoms with Gasteiger partial charge < -0.3 is 5.32 Å². The second-order valence-corrected chi connectivity index (χ2v) is 8.77. The Kier molecular flexibility index (Phi) is 5.10. The Morgan fingerprint density at radius 1 is 1.32 bits per heavy atom. The second-order valence-electron chi connectivity index (χ2n) is 6.76. The van der Waals surface area contributed by atoms with Crippen LogP contribution in [0.3, 0.4) is 0 Å². The van der Waals surface area contributed by atoms with Gasteiger partial charge in [0.05, 0.1) is 18.3 Å². The average Bonchev–Trinajstić information content (AvgIpc) is 3.02. The molecule has 8 heteroatoms. The zero-order valence-corrected chi connectivity index (χ0v) is 15.4. The highest BCUT2D eigenvalue weighted by Crippen LogP contribution is 2.25. The summed E-state index contributed by atoms with van der Waals surface area (Å²) in [5.41, 5.74) is 1.29. The summed E-state index contributed by atoms with van der Waals surface area (Å²) in [6.07, 6.45) is 6.95. The van der Waals surface area contributed by atoms with E-state index in [1.165, 1.54) is 13.5 Å². The molecule has 1 fully saturated rings. The van der Waals surface area contributed by atoms with Crippen LogP contribution in [0.25, 0.3) is 10.9 Å². The summed E-state index contributed by atoms with van der Waals surface area (Å²) in [6, 6.07) is 3.63. The number of aromatic nitrogens is 2. The summed E-state index contributed by atoms with van der Waals surface area (Å²) in [5, 5.41) is 10.4. The minimum atomic E-state index is -3.79. The van der Waals surface area contributed by atoms with Crippen molar-refractivity contribution in [3.05, 3.63) is 23.9 Å². The molecule has 0 saturated heterocycles. The van der Waals surface area contributed by atoms with Crippen LogP contribution in [0, 0.1) is 6.92 Å². The number of carbonyl (C=O) groups is 1. The van der Waals surface area contributed by atoms with E-state index in [-0.39, 0.29) is 23.4 Å². The molecule has 3 rings (SSSR count). The Labute approximate surface area is 147 Å². The Hall–Kier alpha value is -1.93. The molecule has 1 amide bonds. The van der Waals surface area contributed by atoms with Crippen molar-refractivity contribution in [3.8, 4) is 0 Å². The van der Waals surface area contributed by atoms with Crippen molar-refractivity contribution < 1.29 is 13.2 Å². The number of carbonyl (C=O) groups excluding carboxylic acids is 1. The van der Waals surface area contributed by atoms with E-state index in [1.807, 2.05) is 13.0 Å². The number of amides is 1. The number of benzene rings is 1. The van der Waals surface area contributed by atoms with Crippen molar-refractivity contribution in [2.24, 2.45) is 0 Å². The molecule has 1 aliphatic rings. The predicted octanol–water partition coefficient (Wildman–Crippen LogP) is 1.94. The minimum absolute atomic E-state index is 0.146. The smallest absolute Gasteiger partial charge is 0.245 e. The highest BCUT2D eigenvalue weighted by molar-refractivity contribution is 7.89. The first-order chi connectivity index (χ1) is 11.9. The maximum Gasteiger partial charge on any atom is 0.245 e. The lowest BCUT2D eigenvalue weighted by Gasteiger charge is -2.24. The van der Waals surface area contributed by atoms with Gasteiger partial charge in [0.1, 0.15) is 4.90 Å². The molecule has 0 bridgehead atoms. The summed E-state index contributed by atoms with van der Waals surface area (Å²) in [5.74, 6) is -0.258. The number of fused-ring (bicyclic) bond motifs is 1. The standard InChI is InChI=1S/C17H24N4O3S/c1-12-8-13-10-18-20-17(13)15(9-12)25(23,24)21(2)11-16(22)19-14-6-4-3-5-7-14/h8-10,14H,3-7,11H2,1-2H3,(H,18,20)(H,19,22). The van der Waals surface area contributed by atoms with Crippen LogP contribution in [0.5, 0.6) is 0 Å². The molecule has 7 nitrogen and oxygen atoms in total. The van der Waals surface area contributed by atoms with Crippen molar-refractivity contribution >= 4 is 26.8 Å². The lowest BCUT2D eigenvalue weighted by Crippen LogP contribution is -2.43. The van der Waals surface area contributed by atoms with E-state index < -0.39 is 10.0 Å². The van der Waals surface area contributed by atoms with E-state index in [4.69, 9.17) is 0 Å². The van der Waals surface area contributed by atoms with Gasteiger partial charge in [0.25, 0.3) is 0 Å². The van der Waals surface area contributed by atoms with Gasteiger partial charge in [-0.15, -0.1) is 0 Å². The first-order valence-electron chi connectivity index (χ1n) is 8.57. The molecule has 2 aromatic rings. The van der Waals surface area contributed by atoms with E-state index in [0.717, 1.165) is 40.9 Å². The Morgan fingerprint density at radius 2 is 2.04 bits per heavy atom. The molecular weight excluding hydrogens is 340 g/mol. The number of aromatic amines is 1. The summed E-state index contributed by atoms with van der Waals surface area (Å²) in [4.78, 5) is 12.4. The number of H-pyrrole nitrogens is 1. The molecule has 1 aromatic carbocycles. The first kappa shape index (κ1) is 17.9. The normalized spacial score (nSPS) is 16.4. The van der Waals surface area contributed by atoms with E-state index in [2.05, 4.69) is 15.5 Å². The third kappa shape index (κ3) is 3.85. The SMILES string of the molecule is Cc1cc(S(=O)(=O)N(C)CC(=O)NC2CCCCC2)c2[nH]ncc2c1. The van der Waals surface area contributed by atoms with Gasteiger partial charge in [-0.05, 0) is 37.5 Å². The van der Waals surface area contributed by atoms with Gasteiger partial charge >= 0.3 is 0 Å². The van der Waals surface area contributed by atoms with Crippen LogP contribution < -0.4 is 5.32 Å². The highest BCUT2D eigenvalue weighted by Gasteiger charge is 2.27. The molecule has 0 aliphatic heterocycles. The third-order valence-electron chi connectivity index (χ3n) is 4.68. The second kappa shape index (κ2) is 7.13. The van der Waals surface area contributed by atoms with Crippen LogP contribution in [0.4, 0.5) is 0 Å². The van der Waals surface area contributed by atoms with Crippen molar-refractivity contribution in [2.45, 2.75) is 50.0 Å². The van der Waals surface area contributed by atoms with Gasteiger partial charge in [-0.1, -0.05) is 19.3 Å². The van der Waals surface area contributed by atoms with Crippen LogP contribution in [0.2, 0.25) is 0 Å². The zero-order chi connectivity index (χ0) is 18.0. The summed E-state index contributed by atoms with van der Waals surface area (Å²) in [6.45, 7) is 1.64. The molecule has 0 atom stereocenters. The Morgan fingerprint density at radius 3 is 2.76 bits per heavy atom. The number of sulfonamides is 1. The van der Waals surface area contributed by atoms with E-state index in [1.54, 1.807) is 12.3 Å². The number of nitrogens with zero attached hydrogens (tertiary/aromatic N) is 2. The molecule has 0 unspecified atom stereocenters. The molecule has 25 heavy (non-hydrogen) atoms. The maximum absolute atomic E-state index is 12.9. The van der Waals surface area contributed by atoms with Crippen LogP contribution in [-0.2, 0) is 14.8 Å². The molecular formula is C17H24N4O3S. The molecule has 1 saturated carbocycles. The minimum Gasteiger partial charge on any atom is -0.352 e. The first-order valence-corrected chi connectivity index (χ1v) is 10.0. The molecule has 1 aliphatic carbocycles. The number of nitrogens with one attached hydrogen (secondary N) is 2. The lowest BCUT2D eigenvalue weighted by atomic mass is 9.95. The summed E-state index contributed by atoms with van der Waals surface area (Å²) < 4.78 is 26.9. The molecule has 2 N–H and O–H groups in total. The Bertz CT molecular complexity index is 869. The molecule has 136 valence electrons. The fourth-order valence-electron chi connectivity index (χ4n) is 3.35. The van der Waals surface area contributed by atoms with Crippen molar-refractivity contribution in [1.82, 2.24) is 19.8 Å². The molecule has 1 aromatic heterocycles. The van der Waals surface area contributed by atoms with Gasteiger partial charge in [0.2, 0.25) is 15.9 Å². The fraction of sp³-hybridized carbons (Fsp3) is 0.529. The molecule has 0 radical (unpaired) electrons. The third-order valence-corrected chi connectivity index (χ3v) is 6.51. The lowest BCUT2D eigenvalue weighted by molar-refractivity contribution is -0.122. The van der Waals surface area contributed by atoms with Gasteiger partial charge in [0, 0.05) is 18.5 Å². The van der Waals surface area contributed by atoms with Gasteiger partial charge in [0.15, 0.2) is 0 Å². The number of likely N-dealkylation sites (N-methyl/N-ethyl adjacent to an activating group) is 1. The number of hydrogen-bond donors (Lipinski definition) is 2. The predicted molar refractivity (Wildman–Crippen MR) is 95.7 cm³/mol. The largest absolute Gasteiger partial charge is 0.352 e. The van der Waals surface area contributed by atoms with Gasteiger partial charge in [-0.25, -0.2) is 8.42 Å². The quantitative estimate of drug-likeness (QED) is 0.847. The maximum atomic E-state index is 12.9. The summed E-state index contributed by atoms with van der Waals surface area (Å²) in [7, 11) is -2.36. The van der Waals surface area contributed by atoms with Gasteiger partial charge in [-0.2, -0.15) is 9.40 Å². The van der Waals surface area contributed by atoms with E-state index in [0.29, 0.717) is 5.52 Å². The van der Waals surface area contributed by atoms with Crippen LogP contribution >= 0.6 is 0 Å². The van der Waals surface area contributed by atoms with Crippen LogP contribution in [0.1, 0.15) is 37.7 Å². The van der Waals surface area contributed by atoms with Crippen molar-refractivity contribution in [1.29, 1.82) is 0 Å². The van der Waals surface area contributed by atoms with E-state index in [9.17, 15) is 13.2 Å². The van der Waals surface area contributed by atoms with Gasteiger partial charge in [-0.3, -0.25) is 9.89 Å².